The number of amides is 1. The van der Waals surface area contributed by atoms with Gasteiger partial charge in [0.05, 0.1) is 12.8 Å². The zero-order valence-corrected chi connectivity index (χ0v) is 17.6. The molecule has 3 rings (SSSR count). The van der Waals surface area contributed by atoms with Crippen LogP contribution in [0.4, 0.5) is 10.1 Å². The SMILES string of the molecule is COc1ccc(C(=O)Nc2ccc(C)cc2F)cc1S(=O)(=O)N1CCCCC1C. The first-order chi connectivity index (χ1) is 13.7. The van der Waals surface area contributed by atoms with E-state index in [1.165, 1.54) is 41.7 Å². The number of carbonyl (C=O) groups excluding carboxylic acids is 1. The first-order valence-electron chi connectivity index (χ1n) is 9.51. The fourth-order valence-electron chi connectivity index (χ4n) is 3.49. The zero-order chi connectivity index (χ0) is 21.2. The van der Waals surface area contributed by atoms with Crippen LogP contribution in [-0.2, 0) is 10.0 Å². The number of nitrogens with one attached hydrogen (secondary N) is 1. The highest BCUT2D eigenvalue weighted by atomic mass is 32.2. The summed E-state index contributed by atoms with van der Waals surface area (Å²) in [6.45, 7) is 4.05. The fraction of sp³-hybridized carbons (Fsp3) is 0.381. The third-order valence-electron chi connectivity index (χ3n) is 5.13. The number of aryl methyl sites for hydroxylation is 1. The quantitative estimate of drug-likeness (QED) is 0.795. The summed E-state index contributed by atoms with van der Waals surface area (Å²) in [7, 11) is -2.46. The minimum Gasteiger partial charge on any atom is -0.495 e. The van der Waals surface area contributed by atoms with E-state index in [1.54, 1.807) is 13.0 Å². The molecule has 29 heavy (non-hydrogen) atoms. The minimum absolute atomic E-state index is 0.0328. The Labute approximate surface area is 170 Å². The Bertz CT molecular complexity index is 1020. The summed E-state index contributed by atoms with van der Waals surface area (Å²) in [5, 5.41) is 2.49. The Morgan fingerprint density at radius 1 is 1.21 bits per heavy atom. The third-order valence-corrected chi connectivity index (χ3v) is 7.16. The molecule has 1 aliphatic rings. The number of ether oxygens (including phenoxy) is 1. The van der Waals surface area contributed by atoms with E-state index in [-0.39, 0.29) is 27.9 Å². The maximum absolute atomic E-state index is 14.1. The lowest BCUT2D eigenvalue weighted by atomic mass is 10.1. The number of anilines is 1. The number of hydrogen-bond donors (Lipinski definition) is 1. The Hall–Kier alpha value is -2.45. The fourth-order valence-corrected chi connectivity index (χ4v) is 5.37. The summed E-state index contributed by atoms with van der Waals surface area (Å²) >= 11 is 0. The summed E-state index contributed by atoms with van der Waals surface area (Å²) in [5.41, 5.74) is 0.869. The molecule has 0 saturated carbocycles. The Balaban J connectivity index is 1.95. The van der Waals surface area contributed by atoms with Gasteiger partial charge < -0.3 is 10.1 Å². The largest absolute Gasteiger partial charge is 0.495 e. The third kappa shape index (κ3) is 4.43. The van der Waals surface area contributed by atoms with Crippen LogP contribution in [0.25, 0.3) is 0 Å². The molecule has 1 unspecified atom stereocenters. The number of rotatable bonds is 5. The van der Waals surface area contributed by atoms with E-state index in [9.17, 15) is 17.6 Å². The highest BCUT2D eigenvalue weighted by Gasteiger charge is 2.33. The molecule has 156 valence electrons. The second-order valence-electron chi connectivity index (χ2n) is 7.26. The molecule has 1 fully saturated rings. The summed E-state index contributed by atoms with van der Waals surface area (Å²) in [6, 6.07) is 8.53. The van der Waals surface area contributed by atoms with Crippen molar-refractivity contribution in [3.8, 4) is 5.75 Å². The highest BCUT2D eigenvalue weighted by Crippen LogP contribution is 2.32. The van der Waals surface area contributed by atoms with Crippen LogP contribution in [0.2, 0.25) is 0 Å². The van der Waals surface area contributed by atoms with Crippen molar-refractivity contribution in [1.29, 1.82) is 0 Å². The monoisotopic (exact) mass is 420 g/mol. The van der Waals surface area contributed by atoms with Gasteiger partial charge in [-0.3, -0.25) is 4.79 Å². The molecule has 0 radical (unpaired) electrons. The lowest BCUT2D eigenvalue weighted by molar-refractivity contribution is 0.102. The van der Waals surface area contributed by atoms with E-state index < -0.39 is 21.7 Å². The van der Waals surface area contributed by atoms with E-state index in [0.717, 1.165) is 24.8 Å². The van der Waals surface area contributed by atoms with Crippen molar-refractivity contribution in [2.75, 3.05) is 19.0 Å². The van der Waals surface area contributed by atoms with Crippen molar-refractivity contribution in [2.24, 2.45) is 0 Å². The Morgan fingerprint density at radius 2 is 1.97 bits per heavy atom. The van der Waals surface area contributed by atoms with Crippen LogP contribution in [-0.4, -0.2) is 38.3 Å². The normalized spacial score (nSPS) is 17.7. The van der Waals surface area contributed by atoms with E-state index >= 15 is 0 Å². The van der Waals surface area contributed by atoms with Gasteiger partial charge in [-0.05, 0) is 62.6 Å². The number of nitrogens with zero attached hydrogens (tertiary/aromatic N) is 1. The van der Waals surface area contributed by atoms with Crippen molar-refractivity contribution < 1.29 is 22.3 Å². The van der Waals surface area contributed by atoms with Crippen LogP contribution in [0.15, 0.2) is 41.3 Å². The van der Waals surface area contributed by atoms with Crippen LogP contribution >= 0.6 is 0 Å². The van der Waals surface area contributed by atoms with E-state index in [4.69, 9.17) is 4.74 Å². The lowest BCUT2D eigenvalue weighted by Crippen LogP contribution is -2.42. The molecule has 1 aliphatic heterocycles. The molecule has 2 aromatic carbocycles. The summed E-state index contributed by atoms with van der Waals surface area (Å²) in [4.78, 5) is 12.6. The van der Waals surface area contributed by atoms with E-state index in [2.05, 4.69) is 5.32 Å². The van der Waals surface area contributed by atoms with Gasteiger partial charge in [0.2, 0.25) is 10.0 Å². The first kappa shape index (κ1) is 21.3. The molecule has 0 spiro atoms. The van der Waals surface area contributed by atoms with Crippen molar-refractivity contribution in [3.05, 3.63) is 53.3 Å². The molecule has 1 atom stereocenters. The predicted octanol–water partition coefficient (Wildman–Crippen LogP) is 3.96. The van der Waals surface area contributed by atoms with Gasteiger partial charge >= 0.3 is 0 Å². The van der Waals surface area contributed by atoms with Crippen LogP contribution in [0, 0.1) is 12.7 Å². The van der Waals surface area contributed by atoms with Crippen molar-refractivity contribution >= 4 is 21.6 Å². The van der Waals surface area contributed by atoms with Gasteiger partial charge in [-0.1, -0.05) is 12.5 Å². The van der Waals surface area contributed by atoms with Gasteiger partial charge in [0.1, 0.15) is 16.5 Å². The van der Waals surface area contributed by atoms with Gasteiger partial charge in [0.15, 0.2) is 0 Å². The second-order valence-corrected chi connectivity index (χ2v) is 9.12. The van der Waals surface area contributed by atoms with E-state index in [0.29, 0.717) is 6.54 Å². The highest BCUT2D eigenvalue weighted by molar-refractivity contribution is 7.89. The molecule has 1 N–H and O–H groups in total. The minimum atomic E-state index is -3.84. The van der Waals surface area contributed by atoms with Crippen LogP contribution < -0.4 is 10.1 Å². The number of methoxy groups -OCH3 is 1. The second kappa shape index (κ2) is 8.51. The molecule has 8 heteroatoms. The number of benzene rings is 2. The molecular weight excluding hydrogens is 395 g/mol. The molecule has 1 amide bonds. The lowest BCUT2D eigenvalue weighted by Gasteiger charge is -2.32. The molecule has 0 aliphatic carbocycles. The van der Waals surface area contributed by atoms with Crippen molar-refractivity contribution in [1.82, 2.24) is 4.31 Å². The smallest absolute Gasteiger partial charge is 0.255 e. The number of piperidine rings is 1. The zero-order valence-electron chi connectivity index (χ0n) is 16.7. The van der Waals surface area contributed by atoms with Crippen molar-refractivity contribution in [2.45, 2.75) is 44.0 Å². The maximum atomic E-state index is 14.1. The average molecular weight is 421 g/mol. The molecule has 1 heterocycles. The standard InChI is InChI=1S/C21H25FN2O4S/c1-14-7-9-18(17(22)12-14)23-21(25)16-8-10-19(28-3)20(13-16)29(26,27)24-11-5-4-6-15(24)2/h7-10,12-13,15H,4-6,11H2,1-3H3,(H,23,25). The van der Waals surface area contributed by atoms with Gasteiger partial charge in [0.25, 0.3) is 5.91 Å². The van der Waals surface area contributed by atoms with Gasteiger partial charge in [0, 0.05) is 18.2 Å². The van der Waals surface area contributed by atoms with E-state index in [1.807, 2.05) is 6.92 Å². The molecule has 6 nitrogen and oxygen atoms in total. The Kier molecular flexibility index (Phi) is 6.24. The molecule has 0 bridgehead atoms. The summed E-state index contributed by atoms with van der Waals surface area (Å²) < 4.78 is 47.3. The number of hydrogen-bond acceptors (Lipinski definition) is 4. The van der Waals surface area contributed by atoms with Crippen LogP contribution in [0.5, 0.6) is 5.75 Å². The topological polar surface area (TPSA) is 75.7 Å². The molecule has 2 aromatic rings. The summed E-state index contributed by atoms with van der Waals surface area (Å²) in [5.74, 6) is -0.985. The summed E-state index contributed by atoms with van der Waals surface area (Å²) in [6.07, 6.45) is 2.56. The number of sulfonamides is 1. The average Bonchev–Trinajstić information content (AvgIpc) is 2.69. The van der Waals surface area contributed by atoms with Gasteiger partial charge in [-0.25, -0.2) is 12.8 Å². The molecule has 1 saturated heterocycles. The predicted molar refractivity (Wildman–Crippen MR) is 109 cm³/mol. The maximum Gasteiger partial charge on any atom is 0.255 e. The number of carbonyl (C=O) groups is 1. The number of halogens is 1. The van der Waals surface area contributed by atoms with Crippen molar-refractivity contribution in [3.63, 3.8) is 0 Å². The first-order valence-corrected chi connectivity index (χ1v) is 11.0. The van der Waals surface area contributed by atoms with Gasteiger partial charge in [-0.15, -0.1) is 0 Å². The Morgan fingerprint density at radius 3 is 2.62 bits per heavy atom. The van der Waals surface area contributed by atoms with Crippen LogP contribution in [0.1, 0.15) is 42.1 Å². The van der Waals surface area contributed by atoms with Crippen LogP contribution in [0.3, 0.4) is 0 Å². The molecular formula is C21H25FN2O4S. The van der Waals surface area contributed by atoms with Gasteiger partial charge in [-0.2, -0.15) is 4.31 Å². The molecule has 0 aromatic heterocycles.